The van der Waals surface area contributed by atoms with E-state index in [1.165, 1.54) is 14.2 Å². The van der Waals surface area contributed by atoms with Gasteiger partial charge in [0.15, 0.2) is 0 Å². The minimum atomic E-state index is -0.598. The number of carbonyl (C=O) groups is 2. The van der Waals surface area contributed by atoms with Crippen LogP contribution in [0.15, 0.2) is 60.7 Å². The van der Waals surface area contributed by atoms with Gasteiger partial charge in [0.2, 0.25) is 11.8 Å². The second kappa shape index (κ2) is 27.3. The molecule has 0 fully saturated rings. The van der Waals surface area contributed by atoms with Crippen molar-refractivity contribution in [2.45, 2.75) is 25.2 Å². The van der Waals surface area contributed by atoms with Gasteiger partial charge in [0, 0.05) is 27.3 Å². The standard InChI is InChI=1S/2C11H16N2O2.CH3I.3HI.V/c2*1-15-8-10(12)11(14)13-7-9-5-3-2-4-6-9;1-2;;;;/h2*2-6,10H,7-8,12H2,1H3,(H,13,14);1H3;3*1H;/q;;;;;;+3/p-3/t10-;;;;;;/m1....../s1. The molecule has 0 bridgehead atoms. The number of hydrogen-bond acceptors (Lipinski definition) is 6. The number of methoxy groups -OCH3 is 2. The average Bonchev–Trinajstić information content (AvgIpc) is 2.88. The Hall–Kier alpha value is 0.724. The van der Waals surface area contributed by atoms with Crippen molar-refractivity contribution in [3.05, 3.63) is 71.8 Å². The molecule has 0 spiro atoms. The fourth-order valence-corrected chi connectivity index (χ4v) is 2.34. The maximum absolute atomic E-state index is 11.4. The molecule has 0 radical (unpaired) electrons. The Morgan fingerprint density at radius 1 is 0.750 bits per heavy atom. The summed E-state index contributed by atoms with van der Waals surface area (Å²) >= 11 is 9.54. The van der Waals surface area contributed by atoms with Crippen LogP contribution in [0.2, 0.25) is 0 Å². The molecule has 13 heteroatoms. The van der Waals surface area contributed by atoms with Crippen molar-refractivity contribution in [3.8, 4) is 0 Å². The van der Waals surface area contributed by atoms with E-state index in [1.54, 1.807) is 0 Å². The Morgan fingerprint density at radius 3 is 1.28 bits per heavy atom. The molecule has 0 saturated carbocycles. The van der Waals surface area contributed by atoms with E-state index in [0.29, 0.717) is 13.1 Å². The molecule has 0 aliphatic carbocycles. The maximum atomic E-state index is 11.4. The van der Waals surface area contributed by atoms with Gasteiger partial charge in [-0.05, 0) is 16.1 Å². The number of nitrogens with one attached hydrogen (secondary N) is 2. The van der Waals surface area contributed by atoms with Crippen molar-refractivity contribution < 1.29 is 24.0 Å². The van der Waals surface area contributed by atoms with Crippen molar-refractivity contribution in [3.63, 3.8) is 0 Å². The zero-order chi connectivity index (χ0) is 27.8. The summed E-state index contributed by atoms with van der Waals surface area (Å²) in [6.07, 6.45) is 0. The van der Waals surface area contributed by atoms with Gasteiger partial charge in [-0.3, -0.25) is 9.59 Å². The number of carbonyl (C=O) groups excluding carboxylic acids is 2. The molecular formula is C23H35I4N4O4V. The summed E-state index contributed by atoms with van der Waals surface area (Å²) in [7, 11) is 3.04. The molecule has 2 atom stereocenters. The van der Waals surface area contributed by atoms with Gasteiger partial charge in [0.1, 0.15) is 12.1 Å². The molecule has 204 valence electrons. The molecule has 2 aromatic carbocycles. The molecule has 6 N–H and O–H groups in total. The molecule has 0 heterocycles. The van der Waals surface area contributed by atoms with E-state index in [-0.39, 0.29) is 29.9 Å². The van der Waals surface area contributed by atoms with Gasteiger partial charge < -0.3 is 31.6 Å². The van der Waals surface area contributed by atoms with Crippen molar-refractivity contribution in [2.24, 2.45) is 11.5 Å². The summed E-state index contributed by atoms with van der Waals surface area (Å²) < 4.78 is 9.58. The van der Waals surface area contributed by atoms with Gasteiger partial charge in [-0.25, -0.2) is 0 Å². The third-order valence-corrected chi connectivity index (χ3v) is 3.99. The first kappa shape index (κ1) is 38.9. The quantitative estimate of drug-likeness (QED) is 0.208. The minimum absolute atomic E-state index is 0.194. The summed E-state index contributed by atoms with van der Waals surface area (Å²) in [6, 6.07) is 18.2. The first-order valence-corrected chi connectivity index (χ1v) is 26.2. The molecule has 2 rings (SSSR count). The number of benzene rings is 2. The van der Waals surface area contributed by atoms with E-state index in [2.05, 4.69) is 93.2 Å². The molecular weight excluding hydrogens is 955 g/mol. The van der Waals surface area contributed by atoms with Crippen LogP contribution >= 0.6 is 82.5 Å². The van der Waals surface area contributed by atoms with Crippen LogP contribution in [-0.2, 0) is 37.1 Å². The third kappa shape index (κ3) is 23.8. The first-order valence-electron chi connectivity index (χ1n) is 10.5. The Morgan fingerprint density at radius 2 is 1.03 bits per heavy atom. The predicted octanol–water partition coefficient (Wildman–Crippen LogP) is 4.26. The number of nitrogens with two attached hydrogens (primary N) is 2. The van der Waals surface area contributed by atoms with Gasteiger partial charge >= 0.3 is 64.9 Å². The van der Waals surface area contributed by atoms with E-state index >= 15 is 0 Å². The third-order valence-electron chi connectivity index (χ3n) is 3.99. The van der Waals surface area contributed by atoms with E-state index < -0.39 is 12.1 Å². The van der Waals surface area contributed by atoms with E-state index in [4.69, 9.17) is 20.9 Å². The summed E-state index contributed by atoms with van der Waals surface area (Å²) in [5, 5.41) is 5.48. The topological polar surface area (TPSA) is 129 Å². The van der Waals surface area contributed by atoms with Crippen LogP contribution in [0.25, 0.3) is 0 Å². The average molecular weight is 990 g/mol. The second-order valence-electron chi connectivity index (χ2n) is 6.72. The monoisotopic (exact) mass is 990 g/mol. The Labute approximate surface area is 266 Å². The van der Waals surface area contributed by atoms with E-state index in [1.807, 2.05) is 65.6 Å². The van der Waals surface area contributed by atoms with Crippen molar-refractivity contribution in [1.29, 1.82) is 0 Å². The summed E-state index contributed by atoms with van der Waals surface area (Å²) in [6.45, 7) is 1.47. The Kier molecular flexibility index (Phi) is 29.5. The molecule has 2 amide bonds. The van der Waals surface area contributed by atoms with Crippen LogP contribution in [0.4, 0.5) is 0 Å². The molecule has 0 aliphatic rings. The van der Waals surface area contributed by atoms with Crippen LogP contribution in [0.3, 0.4) is 0 Å². The fourth-order valence-electron chi connectivity index (χ4n) is 2.34. The molecule has 2 aromatic rings. The number of amides is 2. The van der Waals surface area contributed by atoms with Gasteiger partial charge in [-0.2, -0.15) is 0 Å². The summed E-state index contributed by atoms with van der Waals surface area (Å²) in [5.74, 6) is -0.388. The molecule has 8 nitrogen and oxygen atoms in total. The van der Waals surface area contributed by atoms with Crippen LogP contribution in [0.1, 0.15) is 11.1 Å². The number of halogens is 4. The van der Waals surface area contributed by atoms with Crippen LogP contribution in [0.5, 0.6) is 0 Å². The van der Waals surface area contributed by atoms with E-state index in [9.17, 15) is 9.59 Å². The first-order chi connectivity index (χ1) is 17.2. The zero-order valence-corrected chi connectivity index (χ0v) is 30.5. The number of alkyl halides is 1. The number of hydrogen-bond donors (Lipinski definition) is 4. The SMILES string of the molecule is CI.COCC(N)C(=O)NCc1ccccc1.COC[C@@H](N)C(=O)NCc1ccccc1.[I][V]([I])[I]. The molecule has 0 aliphatic heterocycles. The Balaban J connectivity index is 0. The predicted molar refractivity (Wildman–Crippen MR) is 178 cm³/mol. The molecule has 0 aromatic heterocycles. The van der Waals surface area contributed by atoms with E-state index in [0.717, 1.165) is 11.1 Å². The molecule has 1 unspecified atom stereocenters. The van der Waals surface area contributed by atoms with Crippen molar-refractivity contribution in [2.75, 3.05) is 32.4 Å². The van der Waals surface area contributed by atoms with Crippen molar-refractivity contribution in [1.82, 2.24) is 10.6 Å². The van der Waals surface area contributed by atoms with Crippen LogP contribution < -0.4 is 22.1 Å². The zero-order valence-electron chi connectivity index (χ0n) is 20.5. The summed E-state index contributed by atoms with van der Waals surface area (Å²) in [4.78, 5) is 24.5. The van der Waals surface area contributed by atoms with Gasteiger partial charge in [-0.15, -0.1) is 0 Å². The molecule has 36 heavy (non-hydrogen) atoms. The van der Waals surface area contributed by atoms with Gasteiger partial charge in [-0.1, -0.05) is 83.3 Å². The molecule has 0 saturated heterocycles. The van der Waals surface area contributed by atoms with Crippen LogP contribution in [-0.4, -0.2) is 56.3 Å². The fraction of sp³-hybridized carbons (Fsp3) is 0.391. The summed E-state index contributed by atoms with van der Waals surface area (Å²) in [5.41, 5.74) is 13.2. The number of rotatable bonds is 10. The van der Waals surface area contributed by atoms with Gasteiger partial charge in [0.05, 0.1) is 13.2 Å². The van der Waals surface area contributed by atoms with Gasteiger partial charge in [0.25, 0.3) is 0 Å². The van der Waals surface area contributed by atoms with Crippen molar-refractivity contribution >= 4 is 94.3 Å². The second-order valence-corrected chi connectivity index (χ2v) is 42.1. The number of ether oxygens (including phenoxy) is 2. The van der Waals surface area contributed by atoms with Crippen LogP contribution in [0, 0.1) is 0 Å². The normalized spacial score (nSPS) is 11.3. The Bertz CT molecular complexity index is 730.